The third-order valence-electron chi connectivity index (χ3n) is 3.09. The number of halogens is 2. The number of hydrogen-bond donors (Lipinski definition) is 2. The molecule has 2 aromatic rings. The molecule has 118 valence electrons. The molecule has 0 saturated heterocycles. The molecule has 0 amide bonds. The topological polar surface area (TPSA) is 49.3 Å². The molecule has 2 rings (SSSR count). The number of aromatic nitrogens is 1. The lowest BCUT2D eigenvalue weighted by Gasteiger charge is -2.11. The number of benzene rings is 1. The van der Waals surface area contributed by atoms with E-state index in [9.17, 15) is 4.39 Å². The second-order valence-electron chi connectivity index (χ2n) is 4.81. The SMILES string of the molecule is CN=C(NCc1cc(F)cc(Br)c1)NCc1nc(C)c(C)s1. The summed E-state index contributed by atoms with van der Waals surface area (Å²) in [5.41, 5.74) is 1.91. The predicted molar refractivity (Wildman–Crippen MR) is 92.7 cm³/mol. The summed E-state index contributed by atoms with van der Waals surface area (Å²) in [6, 6.07) is 4.80. The summed E-state index contributed by atoms with van der Waals surface area (Å²) in [5.74, 6) is 0.397. The first-order chi connectivity index (χ1) is 10.5. The number of hydrogen-bond acceptors (Lipinski definition) is 3. The Balaban J connectivity index is 1.89. The van der Waals surface area contributed by atoms with Gasteiger partial charge in [0.15, 0.2) is 5.96 Å². The maximum absolute atomic E-state index is 13.3. The van der Waals surface area contributed by atoms with E-state index in [0.29, 0.717) is 19.0 Å². The van der Waals surface area contributed by atoms with Crippen LogP contribution >= 0.6 is 27.3 Å². The Hall–Kier alpha value is -1.47. The summed E-state index contributed by atoms with van der Waals surface area (Å²) in [6.07, 6.45) is 0. The van der Waals surface area contributed by atoms with E-state index in [-0.39, 0.29) is 5.82 Å². The van der Waals surface area contributed by atoms with Gasteiger partial charge in [-0.25, -0.2) is 9.37 Å². The van der Waals surface area contributed by atoms with Gasteiger partial charge in [-0.15, -0.1) is 11.3 Å². The van der Waals surface area contributed by atoms with Gasteiger partial charge in [-0.1, -0.05) is 15.9 Å². The third-order valence-corrected chi connectivity index (χ3v) is 4.62. The van der Waals surface area contributed by atoms with E-state index in [1.165, 1.54) is 17.0 Å². The molecule has 1 aromatic carbocycles. The Morgan fingerprint density at radius 3 is 2.59 bits per heavy atom. The fraction of sp³-hybridized carbons (Fsp3) is 0.333. The van der Waals surface area contributed by atoms with Crippen LogP contribution in [-0.2, 0) is 13.1 Å². The Morgan fingerprint density at radius 1 is 1.27 bits per heavy atom. The third kappa shape index (κ3) is 4.78. The van der Waals surface area contributed by atoms with Gasteiger partial charge in [0, 0.05) is 22.9 Å². The van der Waals surface area contributed by atoms with Gasteiger partial charge in [-0.05, 0) is 37.6 Å². The molecule has 4 nitrogen and oxygen atoms in total. The van der Waals surface area contributed by atoms with Gasteiger partial charge in [0.05, 0.1) is 12.2 Å². The van der Waals surface area contributed by atoms with E-state index in [2.05, 4.69) is 43.5 Å². The largest absolute Gasteiger partial charge is 0.352 e. The Morgan fingerprint density at radius 2 is 2.00 bits per heavy atom. The summed E-state index contributed by atoms with van der Waals surface area (Å²) in [6.45, 7) is 5.17. The molecule has 0 saturated carbocycles. The molecule has 1 aromatic heterocycles. The lowest BCUT2D eigenvalue weighted by atomic mass is 10.2. The normalized spacial score (nSPS) is 11.6. The predicted octanol–water partition coefficient (Wildman–Crippen LogP) is 3.53. The fourth-order valence-electron chi connectivity index (χ4n) is 1.89. The monoisotopic (exact) mass is 384 g/mol. The van der Waals surface area contributed by atoms with Crippen LogP contribution in [0.2, 0.25) is 0 Å². The van der Waals surface area contributed by atoms with Crippen LogP contribution in [0.1, 0.15) is 21.1 Å². The molecule has 0 unspecified atom stereocenters. The van der Waals surface area contributed by atoms with Gasteiger partial charge >= 0.3 is 0 Å². The molecule has 0 spiro atoms. The van der Waals surface area contributed by atoms with Crippen LogP contribution in [0.4, 0.5) is 4.39 Å². The number of nitrogens with one attached hydrogen (secondary N) is 2. The van der Waals surface area contributed by atoms with Crippen molar-refractivity contribution in [1.82, 2.24) is 15.6 Å². The van der Waals surface area contributed by atoms with Crippen LogP contribution in [0, 0.1) is 19.7 Å². The van der Waals surface area contributed by atoms with Crippen molar-refractivity contribution >= 4 is 33.2 Å². The summed E-state index contributed by atoms with van der Waals surface area (Å²) >= 11 is 4.96. The van der Waals surface area contributed by atoms with Crippen LogP contribution in [0.3, 0.4) is 0 Å². The molecule has 2 N–H and O–H groups in total. The highest BCUT2D eigenvalue weighted by Gasteiger charge is 2.05. The molecular formula is C15H18BrFN4S. The molecular weight excluding hydrogens is 367 g/mol. The second-order valence-corrected chi connectivity index (χ2v) is 7.01. The van der Waals surface area contributed by atoms with Gasteiger partial charge in [0.2, 0.25) is 0 Å². The van der Waals surface area contributed by atoms with Crippen molar-refractivity contribution in [3.8, 4) is 0 Å². The van der Waals surface area contributed by atoms with Crippen molar-refractivity contribution in [1.29, 1.82) is 0 Å². The minimum Gasteiger partial charge on any atom is -0.352 e. The summed E-state index contributed by atoms with van der Waals surface area (Å²) in [5, 5.41) is 7.39. The molecule has 0 bridgehead atoms. The molecule has 0 aliphatic carbocycles. The zero-order valence-corrected chi connectivity index (χ0v) is 15.1. The quantitative estimate of drug-likeness (QED) is 0.626. The Bertz CT molecular complexity index is 644. The van der Waals surface area contributed by atoms with Crippen molar-refractivity contribution < 1.29 is 4.39 Å². The zero-order chi connectivity index (χ0) is 16.1. The van der Waals surface area contributed by atoms with Gasteiger partial charge < -0.3 is 10.6 Å². The maximum atomic E-state index is 13.3. The van der Waals surface area contributed by atoms with Crippen molar-refractivity contribution in [2.45, 2.75) is 26.9 Å². The van der Waals surface area contributed by atoms with Gasteiger partial charge in [0.25, 0.3) is 0 Å². The first-order valence-corrected chi connectivity index (χ1v) is 8.41. The van der Waals surface area contributed by atoms with E-state index in [4.69, 9.17) is 0 Å². The van der Waals surface area contributed by atoms with E-state index in [1.807, 2.05) is 13.0 Å². The molecule has 7 heteroatoms. The van der Waals surface area contributed by atoms with Crippen LogP contribution in [0.15, 0.2) is 27.7 Å². The zero-order valence-electron chi connectivity index (χ0n) is 12.7. The highest BCUT2D eigenvalue weighted by atomic mass is 79.9. The smallest absolute Gasteiger partial charge is 0.191 e. The maximum Gasteiger partial charge on any atom is 0.191 e. The molecule has 0 fully saturated rings. The van der Waals surface area contributed by atoms with Crippen molar-refractivity contribution in [2.24, 2.45) is 4.99 Å². The van der Waals surface area contributed by atoms with Gasteiger partial charge in [-0.2, -0.15) is 0 Å². The lowest BCUT2D eigenvalue weighted by Crippen LogP contribution is -2.36. The first kappa shape index (κ1) is 16.9. The van der Waals surface area contributed by atoms with Crippen LogP contribution < -0.4 is 10.6 Å². The van der Waals surface area contributed by atoms with Crippen molar-refractivity contribution in [3.63, 3.8) is 0 Å². The molecule has 0 aliphatic rings. The Labute approximate surface area is 142 Å². The van der Waals surface area contributed by atoms with Crippen molar-refractivity contribution in [3.05, 3.63) is 49.6 Å². The highest BCUT2D eigenvalue weighted by Crippen LogP contribution is 2.16. The number of nitrogens with zero attached hydrogens (tertiary/aromatic N) is 2. The fourth-order valence-corrected chi connectivity index (χ4v) is 3.28. The van der Waals surface area contributed by atoms with Gasteiger partial charge in [0.1, 0.15) is 10.8 Å². The number of rotatable bonds is 4. The minimum absolute atomic E-state index is 0.261. The lowest BCUT2D eigenvalue weighted by molar-refractivity contribution is 0.623. The highest BCUT2D eigenvalue weighted by molar-refractivity contribution is 9.10. The first-order valence-electron chi connectivity index (χ1n) is 6.80. The average Bonchev–Trinajstić information content (AvgIpc) is 2.77. The average molecular weight is 385 g/mol. The molecule has 0 radical (unpaired) electrons. The molecule has 1 heterocycles. The standard InChI is InChI=1S/C15H18BrFN4S/c1-9-10(2)22-14(21-9)8-20-15(18-3)19-7-11-4-12(16)6-13(17)5-11/h4-6H,7-8H2,1-3H3,(H2,18,19,20). The van der Waals surface area contributed by atoms with Crippen molar-refractivity contribution in [2.75, 3.05) is 7.05 Å². The number of thiazole rings is 1. The second kappa shape index (κ2) is 7.69. The van der Waals surface area contributed by atoms with Crippen LogP contribution in [0.25, 0.3) is 0 Å². The molecule has 22 heavy (non-hydrogen) atoms. The number of aliphatic imine (C=N–C) groups is 1. The van der Waals surface area contributed by atoms with Crippen LogP contribution in [0.5, 0.6) is 0 Å². The van der Waals surface area contributed by atoms with E-state index in [0.717, 1.165) is 20.7 Å². The summed E-state index contributed by atoms with van der Waals surface area (Å²) < 4.78 is 14.1. The summed E-state index contributed by atoms with van der Waals surface area (Å²) in [7, 11) is 1.70. The van der Waals surface area contributed by atoms with Crippen LogP contribution in [-0.4, -0.2) is 18.0 Å². The van der Waals surface area contributed by atoms with E-state index < -0.39 is 0 Å². The van der Waals surface area contributed by atoms with E-state index >= 15 is 0 Å². The van der Waals surface area contributed by atoms with E-state index in [1.54, 1.807) is 18.4 Å². The minimum atomic E-state index is -0.261. The molecule has 0 aliphatic heterocycles. The number of guanidine groups is 1. The van der Waals surface area contributed by atoms with Gasteiger partial charge in [-0.3, -0.25) is 4.99 Å². The summed E-state index contributed by atoms with van der Waals surface area (Å²) in [4.78, 5) is 9.86. The molecule has 0 atom stereocenters. The Kier molecular flexibility index (Phi) is 5.90. The number of aryl methyl sites for hydroxylation is 2.